The van der Waals surface area contributed by atoms with Gasteiger partial charge in [-0.05, 0) is 83.9 Å². The first-order chi connectivity index (χ1) is 28.1. The summed E-state index contributed by atoms with van der Waals surface area (Å²) in [5.74, 6) is -0.462. The molecule has 1 N–H and O–H groups in total. The number of benzene rings is 2. The van der Waals surface area contributed by atoms with Crippen LogP contribution in [0.3, 0.4) is 0 Å². The number of aromatic nitrogens is 4. The normalized spacial score (nSPS) is 14.6. The van der Waals surface area contributed by atoms with Gasteiger partial charge in [0, 0.05) is 56.2 Å². The van der Waals surface area contributed by atoms with Crippen LogP contribution in [0.4, 0.5) is 15.3 Å². The number of pyridine rings is 1. The molecule has 3 aromatic heterocycles. The lowest BCUT2D eigenvalue weighted by Crippen LogP contribution is -2.49. The van der Waals surface area contributed by atoms with Crippen molar-refractivity contribution in [2.24, 2.45) is 0 Å². The number of amides is 2. The zero-order valence-corrected chi connectivity index (χ0v) is 37.6. The summed E-state index contributed by atoms with van der Waals surface area (Å²) in [5, 5.41) is 8.08. The van der Waals surface area contributed by atoms with Gasteiger partial charge in [0.05, 0.1) is 48.8 Å². The van der Waals surface area contributed by atoms with Crippen LogP contribution in [0.15, 0.2) is 84.0 Å². The third kappa shape index (κ3) is 11.2. The van der Waals surface area contributed by atoms with Crippen LogP contribution in [0.5, 0.6) is 0 Å². The van der Waals surface area contributed by atoms with Crippen molar-refractivity contribution in [2.75, 3.05) is 31.5 Å². The highest BCUT2D eigenvalue weighted by molar-refractivity contribution is 6.77. The van der Waals surface area contributed by atoms with Gasteiger partial charge in [0.1, 0.15) is 17.9 Å². The summed E-state index contributed by atoms with van der Waals surface area (Å²) in [6.45, 7) is 23.0. The van der Waals surface area contributed by atoms with Crippen LogP contribution >= 0.6 is 0 Å². The number of anilines is 1. The van der Waals surface area contributed by atoms with E-state index in [9.17, 15) is 19.2 Å². The molecule has 0 spiro atoms. The smallest absolute Gasteiger partial charge is 0.419 e. The molecule has 1 aliphatic heterocycles. The summed E-state index contributed by atoms with van der Waals surface area (Å²) in [6, 6.07) is 19.0. The molecule has 15 heteroatoms. The molecule has 0 radical (unpaired) electrons. The van der Waals surface area contributed by atoms with Gasteiger partial charge in [-0.15, -0.1) is 0 Å². The highest BCUT2D eigenvalue weighted by Crippen LogP contribution is 2.30. The molecule has 1 aliphatic rings. The third-order valence-corrected chi connectivity index (χ3v) is 12.9. The number of piperazine rings is 1. The maximum atomic E-state index is 14.5. The van der Waals surface area contributed by atoms with Crippen LogP contribution in [-0.2, 0) is 34.0 Å². The molecule has 0 saturated carbocycles. The summed E-state index contributed by atoms with van der Waals surface area (Å²) in [4.78, 5) is 59.3. The Morgan fingerprint density at radius 3 is 2.13 bits per heavy atom. The van der Waals surface area contributed by atoms with Crippen molar-refractivity contribution >= 4 is 42.8 Å². The van der Waals surface area contributed by atoms with Crippen molar-refractivity contribution in [1.82, 2.24) is 28.7 Å². The molecule has 1 unspecified atom stereocenters. The van der Waals surface area contributed by atoms with Crippen LogP contribution in [0.25, 0.3) is 22.2 Å². The number of nitrogens with one attached hydrogen (secondary N) is 1. The standard InChI is InChI=1S/C45H59N7O7Si/c1-31(60(8,9)10)57-30-50-28-35(40(53)47-36-25-46-51(29-36)27-32-14-12-11-13-15-32)23-37(41(50)54)39-24-34-22-33(16-17-38(34)52(39)43(56)59-45(5,6)7)26-48-18-20-49(21-19-48)42(55)58-44(2,3)4/h11-17,22-25,28-29,31H,18-21,26-27,30H2,1-10H3,(H,47,53). The van der Waals surface area contributed by atoms with Crippen molar-refractivity contribution in [3.63, 3.8) is 0 Å². The molecule has 1 fully saturated rings. The van der Waals surface area contributed by atoms with Crippen LogP contribution < -0.4 is 10.9 Å². The molecule has 14 nitrogen and oxygen atoms in total. The molecule has 2 amide bonds. The minimum absolute atomic E-state index is 0.0901. The second-order valence-electron chi connectivity index (χ2n) is 18.6. The van der Waals surface area contributed by atoms with Crippen molar-refractivity contribution in [2.45, 2.75) is 105 Å². The summed E-state index contributed by atoms with van der Waals surface area (Å²) in [5.41, 5.74) is 1.78. The maximum Gasteiger partial charge on any atom is 0.419 e. The first kappa shape index (κ1) is 44.0. The van der Waals surface area contributed by atoms with Gasteiger partial charge in [-0.1, -0.05) is 56.0 Å². The van der Waals surface area contributed by atoms with E-state index in [1.54, 1.807) is 48.8 Å². The predicted octanol–water partition coefficient (Wildman–Crippen LogP) is 8.04. The fraction of sp³-hybridized carbons (Fsp3) is 0.444. The quantitative estimate of drug-likeness (QED) is 0.131. The molecule has 1 saturated heterocycles. The molecule has 5 aromatic rings. The van der Waals surface area contributed by atoms with E-state index in [4.69, 9.17) is 14.2 Å². The summed E-state index contributed by atoms with van der Waals surface area (Å²) in [6.07, 6.45) is 3.85. The van der Waals surface area contributed by atoms with Gasteiger partial charge >= 0.3 is 12.2 Å². The molecule has 0 aliphatic carbocycles. The Bertz CT molecular complexity index is 2390. The highest BCUT2D eigenvalue weighted by Gasteiger charge is 2.29. The number of hydrogen-bond acceptors (Lipinski definition) is 9. The van der Waals surface area contributed by atoms with Gasteiger partial charge < -0.3 is 24.4 Å². The molecule has 60 heavy (non-hydrogen) atoms. The van der Waals surface area contributed by atoms with E-state index in [0.29, 0.717) is 50.5 Å². The lowest BCUT2D eigenvalue weighted by atomic mass is 10.1. The highest BCUT2D eigenvalue weighted by atomic mass is 28.3. The van der Waals surface area contributed by atoms with Gasteiger partial charge in [-0.3, -0.25) is 23.7 Å². The second kappa shape index (κ2) is 17.6. The zero-order chi connectivity index (χ0) is 43.6. The molecule has 4 heterocycles. The number of carbonyl (C=O) groups is 3. The molecular formula is C45H59N7O7Si. The molecule has 6 rings (SSSR count). The minimum atomic E-state index is -1.75. The summed E-state index contributed by atoms with van der Waals surface area (Å²) in [7, 11) is -1.75. The summed E-state index contributed by atoms with van der Waals surface area (Å²) >= 11 is 0. The Morgan fingerprint density at radius 2 is 1.48 bits per heavy atom. The van der Waals surface area contributed by atoms with Gasteiger partial charge in [-0.25, -0.2) is 14.2 Å². The number of fused-ring (bicyclic) bond motifs is 1. The number of ether oxygens (including phenoxy) is 3. The van der Waals surface area contributed by atoms with E-state index < -0.39 is 36.8 Å². The van der Waals surface area contributed by atoms with Crippen LogP contribution in [0, 0.1) is 0 Å². The monoisotopic (exact) mass is 837 g/mol. The lowest BCUT2D eigenvalue weighted by Gasteiger charge is -2.35. The Hall–Kier alpha value is -5.51. The average molecular weight is 838 g/mol. The fourth-order valence-corrected chi connectivity index (χ4v) is 7.28. The average Bonchev–Trinajstić information content (AvgIpc) is 3.76. The number of hydrogen-bond donors (Lipinski definition) is 1. The topological polar surface area (TPSA) is 142 Å². The van der Waals surface area contributed by atoms with E-state index in [-0.39, 0.29) is 35.4 Å². The van der Waals surface area contributed by atoms with E-state index >= 15 is 0 Å². The Morgan fingerprint density at radius 1 is 0.817 bits per heavy atom. The van der Waals surface area contributed by atoms with Gasteiger partial charge in [0.15, 0.2) is 0 Å². The molecule has 2 aromatic carbocycles. The molecule has 1 atom stereocenters. The maximum absolute atomic E-state index is 14.5. The first-order valence-corrected chi connectivity index (χ1v) is 24.0. The van der Waals surface area contributed by atoms with E-state index in [1.165, 1.54) is 21.4 Å². The van der Waals surface area contributed by atoms with Crippen molar-refractivity contribution in [1.29, 1.82) is 0 Å². The van der Waals surface area contributed by atoms with Gasteiger partial charge in [-0.2, -0.15) is 5.10 Å². The van der Waals surface area contributed by atoms with Gasteiger partial charge in [0.2, 0.25) is 0 Å². The van der Waals surface area contributed by atoms with Crippen LogP contribution in [-0.4, -0.2) is 98.0 Å². The first-order valence-electron chi connectivity index (χ1n) is 20.5. The summed E-state index contributed by atoms with van der Waals surface area (Å²) < 4.78 is 22.3. The Kier molecular flexibility index (Phi) is 12.9. The predicted molar refractivity (Wildman–Crippen MR) is 236 cm³/mol. The van der Waals surface area contributed by atoms with Gasteiger partial charge in [0.25, 0.3) is 11.5 Å². The van der Waals surface area contributed by atoms with E-state index in [2.05, 4.69) is 35.0 Å². The van der Waals surface area contributed by atoms with Crippen molar-refractivity contribution in [3.8, 4) is 11.3 Å². The van der Waals surface area contributed by atoms with E-state index in [0.717, 1.165) is 16.5 Å². The second-order valence-corrected chi connectivity index (χ2v) is 24.1. The largest absolute Gasteiger partial charge is 0.444 e. The zero-order valence-electron chi connectivity index (χ0n) is 36.6. The van der Waals surface area contributed by atoms with E-state index in [1.807, 2.05) is 76.2 Å². The van der Waals surface area contributed by atoms with Crippen molar-refractivity contribution < 1.29 is 28.6 Å². The lowest BCUT2D eigenvalue weighted by molar-refractivity contribution is 0.0138. The fourth-order valence-electron chi connectivity index (χ4n) is 6.71. The van der Waals surface area contributed by atoms with Crippen LogP contribution in [0.2, 0.25) is 19.6 Å². The third-order valence-electron chi connectivity index (χ3n) is 10.3. The SMILES string of the molecule is CC(OCn1cc(C(=O)Nc2cnn(Cc3ccccc3)c2)cc(-c2cc3cc(CN4CCN(C(=O)OC(C)(C)C)CC4)ccc3n2C(=O)OC(C)(C)C)c1=O)[Si](C)(C)C. The van der Waals surface area contributed by atoms with Crippen molar-refractivity contribution in [3.05, 3.63) is 106 Å². The molecular weight excluding hydrogens is 779 g/mol. The molecule has 0 bridgehead atoms. The number of nitrogens with zero attached hydrogens (tertiary/aromatic N) is 6. The number of carbonyl (C=O) groups excluding carboxylic acids is 3. The minimum Gasteiger partial charge on any atom is -0.444 e. The Balaban J connectivity index is 1.35. The van der Waals surface area contributed by atoms with Crippen LogP contribution in [0.1, 0.15) is 70.0 Å². The number of rotatable bonds is 11. The molecule has 320 valence electrons. The Labute approximate surface area is 353 Å².